The summed E-state index contributed by atoms with van der Waals surface area (Å²) in [7, 11) is 3.27. The number of aromatic hydroxyl groups is 1. The number of hydrogen-bond acceptors (Lipinski definition) is 8. The standard InChI is InChI=1S/C30H31NO7/c1-15(32)22-27(35)25(31(2)3)20-14-18-13-19-17(10-9-16-7-5-4-6-8-16)11-12-21(33)24(19)26(34)23(18)29(37)30(20,38)28(22)36/h7,11-12,18,20,25,33,35,37-38H,4-6,8,13-14H2,1-3H3/t18-,20-,25-,30+/m0/s1. The maximum Gasteiger partial charge on any atom is 0.209 e. The zero-order valence-electron chi connectivity index (χ0n) is 21.7. The Morgan fingerprint density at radius 3 is 2.47 bits per heavy atom. The molecule has 5 rings (SSSR count). The van der Waals surface area contributed by atoms with Crippen molar-refractivity contribution in [1.82, 2.24) is 4.90 Å². The molecule has 0 aliphatic heterocycles. The van der Waals surface area contributed by atoms with Crippen molar-refractivity contribution in [3.05, 3.63) is 63.1 Å². The first-order valence-electron chi connectivity index (χ1n) is 12.9. The van der Waals surface area contributed by atoms with Crippen LogP contribution in [0.3, 0.4) is 0 Å². The van der Waals surface area contributed by atoms with E-state index < -0.39 is 57.9 Å². The molecule has 1 aromatic carbocycles. The van der Waals surface area contributed by atoms with Crippen LogP contribution in [0.15, 0.2) is 46.4 Å². The third-order valence-electron chi connectivity index (χ3n) is 8.36. The molecule has 0 saturated carbocycles. The van der Waals surface area contributed by atoms with Crippen LogP contribution in [0.1, 0.15) is 60.5 Å². The highest BCUT2D eigenvalue weighted by molar-refractivity contribution is 6.25. The number of likely N-dealkylation sites (N-methyl/N-ethyl adjacent to an activating group) is 1. The molecule has 4 atom stereocenters. The number of nitrogens with zero attached hydrogens (tertiary/aromatic N) is 1. The average Bonchev–Trinajstić information content (AvgIpc) is 2.86. The van der Waals surface area contributed by atoms with Crippen molar-refractivity contribution >= 4 is 17.3 Å². The van der Waals surface area contributed by atoms with E-state index in [1.165, 1.54) is 6.07 Å². The first kappa shape index (κ1) is 26.0. The molecule has 0 spiro atoms. The van der Waals surface area contributed by atoms with Gasteiger partial charge in [-0.25, -0.2) is 0 Å². The van der Waals surface area contributed by atoms with E-state index in [9.17, 15) is 34.8 Å². The number of aliphatic hydroxyl groups excluding tert-OH is 2. The lowest BCUT2D eigenvalue weighted by atomic mass is 9.58. The smallest absolute Gasteiger partial charge is 0.209 e. The second-order valence-corrected chi connectivity index (χ2v) is 10.9. The van der Waals surface area contributed by atoms with E-state index in [0.29, 0.717) is 11.1 Å². The van der Waals surface area contributed by atoms with Crippen molar-refractivity contribution in [3.8, 4) is 17.6 Å². The van der Waals surface area contributed by atoms with Gasteiger partial charge in [0.1, 0.15) is 22.8 Å². The minimum absolute atomic E-state index is 0.00753. The normalized spacial score (nSPS) is 28.8. The highest BCUT2D eigenvalue weighted by Gasteiger charge is 2.63. The zero-order valence-corrected chi connectivity index (χ0v) is 21.7. The summed E-state index contributed by atoms with van der Waals surface area (Å²) in [6.07, 6.45) is 6.53. The van der Waals surface area contributed by atoms with Gasteiger partial charge in [-0.15, -0.1) is 0 Å². The topological polar surface area (TPSA) is 135 Å². The monoisotopic (exact) mass is 517 g/mol. The second kappa shape index (κ2) is 9.26. The lowest BCUT2D eigenvalue weighted by Gasteiger charge is -2.50. The molecular weight excluding hydrogens is 486 g/mol. The van der Waals surface area contributed by atoms with Crippen molar-refractivity contribution in [2.24, 2.45) is 11.8 Å². The number of ketones is 3. The second-order valence-electron chi connectivity index (χ2n) is 10.9. The van der Waals surface area contributed by atoms with Gasteiger partial charge in [0, 0.05) is 17.1 Å². The number of aliphatic hydroxyl groups is 3. The van der Waals surface area contributed by atoms with Crippen molar-refractivity contribution in [3.63, 3.8) is 0 Å². The van der Waals surface area contributed by atoms with Crippen LogP contribution >= 0.6 is 0 Å². The summed E-state index contributed by atoms with van der Waals surface area (Å²) in [5.41, 5.74) is -1.12. The molecule has 0 saturated heterocycles. The van der Waals surface area contributed by atoms with E-state index in [2.05, 4.69) is 17.9 Å². The molecule has 4 aliphatic rings. The third kappa shape index (κ3) is 3.72. The van der Waals surface area contributed by atoms with Gasteiger partial charge in [0.2, 0.25) is 5.78 Å². The van der Waals surface area contributed by atoms with Gasteiger partial charge in [0.05, 0.1) is 11.6 Å². The quantitative estimate of drug-likeness (QED) is 0.347. The van der Waals surface area contributed by atoms with Crippen LogP contribution in [0.4, 0.5) is 0 Å². The number of hydrogen-bond donors (Lipinski definition) is 4. The molecule has 0 unspecified atom stereocenters. The summed E-state index contributed by atoms with van der Waals surface area (Å²) in [5.74, 6) is 0.637. The van der Waals surface area contributed by atoms with Crippen molar-refractivity contribution < 1.29 is 34.8 Å². The Hall–Kier alpha value is -3.67. The highest BCUT2D eigenvalue weighted by atomic mass is 16.3. The van der Waals surface area contributed by atoms with Gasteiger partial charge in [0.15, 0.2) is 17.2 Å². The van der Waals surface area contributed by atoms with Crippen molar-refractivity contribution in [1.29, 1.82) is 0 Å². The molecular formula is C30H31NO7. The Balaban J connectivity index is 1.66. The van der Waals surface area contributed by atoms with E-state index in [0.717, 1.165) is 38.2 Å². The van der Waals surface area contributed by atoms with E-state index in [-0.39, 0.29) is 29.7 Å². The maximum absolute atomic E-state index is 13.8. The van der Waals surface area contributed by atoms with Crippen LogP contribution in [0.2, 0.25) is 0 Å². The molecule has 0 fully saturated rings. The molecule has 0 aromatic heterocycles. The number of phenols is 1. The molecule has 4 aliphatic carbocycles. The van der Waals surface area contributed by atoms with Gasteiger partial charge in [-0.3, -0.25) is 19.3 Å². The van der Waals surface area contributed by atoms with Crippen molar-refractivity contribution in [2.45, 2.75) is 57.1 Å². The number of allylic oxidation sites excluding steroid dienone is 3. The fraction of sp³-hybridized carbons (Fsp3) is 0.433. The summed E-state index contributed by atoms with van der Waals surface area (Å²) in [5, 5.41) is 44.7. The molecule has 198 valence electrons. The Labute approximate surface area is 221 Å². The largest absolute Gasteiger partial charge is 0.510 e. The number of rotatable bonds is 2. The molecule has 8 nitrogen and oxygen atoms in total. The van der Waals surface area contributed by atoms with E-state index in [1.807, 2.05) is 0 Å². The van der Waals surface area contributed by atoms with E-state index in [1.54, 1.807) is 25.1 Å². The van der Waals surface area contributed by atoms with Gasteiger partial charge >= 0.3 is 0 Å². The fourth-order valence-corrected chi connectivity index (χ4v) is 6.57. The first-order valence-corrected chi connectivity index (χ1v) is 12.9. The van der Waals surface area contributed by atoms with Crippen LogP contribution in [0.25, 0.3) is 0 Å². The summed E-state index contributed by atoms with van der Waals surface area (Å²) in [6, 6.07) is 2.11. The number of benzene rings is 1. The molecule has 0 amide bonds. The number of carbonyl (C=O) groups excluding carboxylic acids is 3. The highest BCUT2D eigenvalue weighted by Crippen LogP contribution is 2.52. The summed E-state index contributed by atoms with van der Waals surface area (Å²) in [4.78, 5) is 41.0. The molecule has 8 heteroatoms. The van der Waals surface area contributed by atoms with Crippen molar-refractivity contribution in [2.75, 3.05) is 14.1 Å². The van der Waals surface area contributed by atoms with E-state index in [4.69, 9.17) is 0 Å². The minimum atomic E-state index is -2.57. The molecule has 0 radical (unpaired) electrons. The predicted octanol–water partition coefficient (Wildman–Crippen LogP) is 3.08. The number of fused-ring (bicyclic) bond motifs is 3. The fourth-order valence-electron chi connectivity index (χ4n) is 6.57. The number of carbonyl (C=O) groups is 3. The van der Waals surface area contributed by atoms with Crippen LogP contribution < -0.4 is 0 Å². The summed E-state index contributed by atoms with van der Waals surface area (Å²) >= 11 is 0. The lowest BCUT2D eigenvalue weighted by Crippen LogP contribution is -2.63. The average molecular weight is 518 g/mol. The lowest BCUT2D eigenvalue weighted by molar-refractivity contribution is -0.148. The van der Waals surface area contributed by atoms with Gasteiger partial charge in [-0.05, 0) is 88.7 Å². The molecule has 1 aromatic rings. The number of phenolic OH excluding ortho intramolecular Hbond substituents is 1. The Kier molecular flexibility index (Phi) is 6.33. The third-order valence-corrected chi connectivity index (χ3v) is 8.36. The molecule has 0 bridgehead atoms. The number of Topliss-reactive ketones (excluding diaryl/α,β-unsaturated/α-hetero) is 3. The van der Waals surface area contributed by atoms with Crippen LogP contribution in [-0.4, -0.2) is 68.4 Å². The Morgan fingerprint density at radius 2 is 1.84 bits per heavy atom. The maximum atomic E-state index is 13.8. The van der Waals surface area contributed by atoms with Crippen LogP contribution in [-0.2, 0) is 16.0 Å². The molecule has 0 heterocycles. The Bertz CT molecular complexity index is 1430. The predicted molar refractivity (Wildman–Crippen MR) is 139 cm³/mol. The van der Waals surface area contributed by atoms with Gasteiger partial charge < -0.3 is 20.4 Å². The van der Waals surface area contributed by atoms with Gasteiger partial charge in [-0.2, -0.15) is 0 Å². The van der Waals surface area contributed by atoms with Gasteiger partial charge in [-0.1, -0.05) is 17.9 Å². The SMILES string of the molecule is CC(=O)C1=C(O)[C@@H](N(C)C)[C@@H]2C[C@@H]3Cc4c(C#CC5=CCCCC5)ccc(O)c4C(=O)C3=C(O)[C@]2(O)C1=O. The molecule has 38 heavy (non-hydrogen) atoms. The first-order chi connectivity index (χ1) is 18.0. The summed E-state index contributed by atoms with van der Waals surface area (Å²) in [6.45, 7) is 1.10. The Morgan fingerprint density at radius 1 is 1.11 bits per heavy atom. The van der Waals surface area contributed by atoms with Crippen LogP contribution in [0, 0.1) is 23.7 Å². The zero-order chi connectivity index (χ0) is 27.5. The van der Waals surface area contributed by atoms with Crippen LogP contribution in [0.5, 0.6) is 5.75 Å². The summed E-state index contributed by atoms with van der Waals surface area (Å²) < 4.78 is 0. The minimum Gasteiger partial charge on any atom is -0.510 e. The molecule has 4 N–H and O–H groups in total. The van der Waals surface area contributed by atoms with E-state index >= 15 is 0 Å². The van der Waals surface area contributed by atoms with Gasteiger partial charge in [0.25, 0.3) is 0 Å².